The van der Waals surface area contributed by atoms with E-state index < -0.39 is 0 Å². The van der Waals surface area contributed by atoms with Crippen LogP contribution < -0.4 is 21.3 Å². The zero-order chi connectivity index (χ0) is 24.2. The maximum atomic E-state index is 12.7. The van der Waals surface area contributed by atoms with Crippen molar-refractivity contribution >= 4 is 34.6 Å². The number of unbranched alkanes of at least 4 members (excludes halogenated alkanes) is 2. The van der Waals surface area contributed by atoms with Crippen LogP contribution in [0.4, 0.5) is 22.7 Å². The molecule has 0 aliphatic carbocycles. The average molecular weight is 459 g/mol. The van der Waals surface area contributed by atoms with E-state index in [0.717, 1.165) is 50.1 Å². The molecule has 0 heterocycles. The maximum Gasteiger partial charge on any atom is 0.255 e. The summed E-state index contributed by atoms with van der Waals surface area (Å²) in [5.74, 6) is -0.521. The number of carbonyl (C=O) groups is 2. The Hall–Kier alpha value is -3.80. The predicted molar refractivity (Wildman–Crippen MR) is 142 cm³/mol. The molecule has 0 bridgehead atoms. The normalized spacial score (nSPS) is 10.4. The Morgan fingerprint density at radius 1 is 0.588 bits per heavy atom. The van der Waals surface area contributed by atoms with Crippen LogP contribution in [0.5, 0.6) is 0 Å². The number of hydrogen-bond donors (Lipinski definition) is 4. The molecule has 0 saturated heterocycles. The summed E-state index contributed by atoms with van der Waals surface area (Å²) < 4.78 is 0. The first kappa shape index (κ1) is 24.8. The van der Waals surface area contributed by atoms with Crippen molar-refractivity contribution in [3.05, 3.63) is 83.9 Å². The lowest BCUT2D eigenvalue weighted by molar-refractivity contribution is 0.102. The Labute approximate surface area is 202 Å². The van der Waals surface area contributed by atoms with E-state index >= 15 is 0 Å². The Balaban J connectivity index is 1.57. The maximum absolute atomic E-state index is 12.7. The molecule has 34 heavy (non-hydrogen) atoms. The van der Waals surface area contributed by atoms with Gasteiger partial charge in [-0.1, -0.05) is 32.8 Å². The summed E-state index contributed by atoms with van der Waals surface area (Å²) in [6, 6.07) is 21.9. The fourth-order valence-electron chi connectivity index (χ4n) is 3.37. The summed E-state index contributed by atoms with van der Waals surface area (Å²) in [7, 11) is 0. The highest BCUT2D eigenvalue weighted by Crippen LogP contribution is 2.17. The zero-order valence-corrected chi connectivity index (χ0v) is 20.0. The molecule has 0 unspecified atom stereocenters. The van der Waals surface area contributed by atoms with Gasteiger partial charge in [-0.2, -0.15) is 0 Å². The van der Waals surface area contributed by atoms with E-state index in [1.807, 2.05) is 48.5 Å². The molecule has 178 valence electrons. The summed E-state index contributed by atoms with van der Waals surface area (Å²) in [4.78, 5) is 25.4. The second-order valence-corrected chi connectivity index (χ2v) is 8.20. The lowest BCUT2D eigenvalue weighted by Gasteiger charge is -2.10. The minimum absolute atomic E-state index is 0.260. The van der Waals surface area contributed by atoms with Gasteiger partial charge in [0.25, 0.3) is 11.8 Å². The molecular weight excluding hydrogens is 424 g/mol. The quantitative estimate of drug-likeness (QED) is 0.230. The molecule has 3 aromatic carbocycles. The highest BCUT2D eigenvalue weighted by Gasteiger charge is 2.11. The lowest BCUT2D eigenvalue weighted by Crippen LogP contribution is -2.15. The molecule has 0 fully saturated rings. The van der Waals surface area contributed by atoms with E-state index in [9.17, 15) is 9.59 Å². The van der Waals surface area contributed by atoms with Gasteiger partial charge in [-0.15, -0.1) is 0 Å². The van der Waals surface area contributed by atoms with Crippen LogP contribution in [0.15, 0.2) is 72.8 Å². The van der Waals surface area contributed by atoms with E-state index in [-0.39, 0.29) is 11.8 Å². The van der Waals surface area contributed by atoms with E-state index in [1.54, 1.807) is 24.3 Å². The number of nitrogens with one attached hydrogen (secondary N) is 4. The zero-order valence-electron chi connectivity index (χ0n) is 20.0. The van der Waals surface area contributed by atoms with Crippen molar-refractivity contribution in [1.82, 2.24) is 0 Å². The first-order chi connectivity index (χ1) is 16.6. The largest absolute Gasteiger partial charge is 0.385 e. The van der Waals surface area contributed by atoms with Crippen molar-refractivity contribution in [3.63, 3.8) is 0 Å². The molecule has 2 amide bonds. The van der Waals surface area contributed by atoms with Gasteiger partial charge in [0.2, 0.25) is 0 Å². The lowest BCUT2D eigenvalue weighted by atomic mass is 10.1. The minimum atomic E-state index is -0.260. The first-order valence-corrected chi connectivity index (χ1v) is 12.0. The number of hydrogen-bond acceptors (Lipinski definition) is 4. The summed E-state index contributed by atoms with van der Waals surface area (Å²) in [6.45, 7) is 6.17. The molecule has 0 aromatic heterocycles. The number of anilines is 4. The van der Waals surface area contributed by atoms with E-state index in [1.165, 1.54) is 0 Å². The van der Waals surface area contributed by atoms with Gasteiger partial charge in [0, 0.05) is 47.0 Å². The summed E-state index contributed by atoms with van der Waals surface area (Å²) in [5, 5.41) is 12.5. The highest BCUT2D eigenvalue weighted by molar-refractivity contribution is 6.08. The van der Waals surface area contributed by atoms with E-state index in [0.29, 0.717) is 22.5 Å². The summed E-state index contributed by atoms with van der Waals surface area (Å²) >= 11 is 0. The molecule has 4 N–H and O–H groups in total. The second kappa shape index (κ2) is 13.0. The van der Waals surface area contributed by atoms with Crippen molar-refractivity contribution in [2.24, 2.45) is 0 Å². The fourth-order valence-corrected chi connectivity index (χ4v) is 3.37. The van der Waals surface area contributed by atoms with Crippen LogP contribution in [-0.4, -0.2) is 24.9 Å². The first-order valence-electron chi connectivity index (χ1n) is 12.0. The molecule has 0 aliphatic heterocycles. The number of rotatable bonds is 12. The van der Waals surface area contributed by atoms with Gasteiger partial charge in [0.05, 0.1) is 0 Å². The van der Waals surface area contributed by atoms with E-state index in [4.69, 9.17) is 0 Å². The van der Waals surface area contributed by atoms with Crippen LogP contribution in [0, 0.1) is 0 Å². The second-order valence-electron chi connectivity index (χ2n) is 8.20. The molecule has 6 heteroatoms. The van der Waals surface area contributed by atoms with E-state index in [2.05, 4.69) is 35.1 Å². The van der Waals surface area contributed by atoms with Crippen LogP contribution in [-0.2, 0) is 0 Å². The molecule has 0 spiro atoms. The number of benzene rings is 3. The van der Waals surface area contributed by atoms with Crippen LogP contribution >= 0.6 is 0 Å². The van der Waals surface area contributed by atoms with Gasteiger partial charge < -0.3 is 21.3 Å². The third kappa shape index (κ3) is 7.66. The third-order valence-corrected chi connectivity index (χ3v) is 5.39. The Bertz CT molecular complexity index is 980. The minimum Gasteiger partial charge on any atom is -0.385 e. The predicted octanol–water partition coefficient (Wildman–Crippen LogP) is 6.62. The SMILES string of the molecule is CCCCNc1ccc(NC(=O)c2cccc(C(=O)Nc3ccc(NCCCC)cc3)c2)cc1. The molecule has 3 rings (SSSR count). The highest BCUT2D eigenvalue weighted by atomic mass is 16.2. The Morgan fingerprint density at radius 2 is 0.971 bits per heavy atom. The van der Waals surface area contributed by atoms with Crippen molar-refractivity contribution in [3.8, 4) is 0 Å². The number of carbonyl (C=O) groups excluding carboxylic acids is 2. The van der Waals surface area contributed by atoms with Gasteiger partial charge in [-0.3, -0.25) is 9.59 Å². The molecule has 6 nitrogen and oxygen atoms in total. The molecule has 3 aromatic rings. The summed E-state index contributed by atoms with van der Waals surface area (Å²) in [5.41, 5.74) is 4.30. The number of amides is 2. The molecular formula is C28H34N4O2. The van der Waals surface area contributed by atoms with Gasteiger partial charge >= 0.3 is 0 Å². The van der Waals surface area contributed by atoms with Crippen molar-refractivity contribution < 1.29 is 9.59 Å². The molecule has 0 radical (unpaired) electrons. The Kier molecular flexibility index (Phi) is 9.52. The molecule has 0 atom stereocenters. The standard InChI is InChI=1S/C28H34N4O2/c1-3-5-18-29-23-10-14-25(15-11-23)31-27(33)21-8-7-9-22(20-21)28(34)32-26-16-12-24(13-17-26)30-19-6-4-2/h7-17,20,29-30H,3-6,18-19H2,1-2H3,(H,31,33)(H,32,34). The van der Waals surface area contributed by atoms with Gasteiger partial charge in [-0.05, 0) is 79.6 Å². The van der Waals surface area contributed by atoms with Crippen LogP contribution in [0.3, 0.4) is 0 Å². The van der Waals surface area contributed by atoms with Crippen LogP contribution in [0.1, 0.15) is 60.2 Å². The van der Waals surface area contributed by atoms with Crippen molar-refractivity contribution in [1.29, 1.82) is 0 Å². The summed E-state index contributed by atoms with van der Waals surface area (Å²) in [6.07, 6.45) is 4.51. The van der Waals surface area contributed by atoms with Crippen LogP contribution in [0.2, 0.25) is 0 Å². The van der Waals surface area contributed by atoms with Crippen molar-refractivity contribution in [2.75, 3.05) is 34.4 Å². The van der Waals surface area contributed by atoms with Crippen LogP contribution in [0.25, 0.3) is 0 Å². The van der Waals surface area contributed by atoms with Gasteiger partial charge in [0.1, 0.15) is 0 Å². The molecule has 0 saturated carbocycles. The fraction of sp³-hybridized carbons (Fsp3) is 0.286. The van der Waals surface area contributed by atoms with Crippen molar-refractivity contribution in [2.45, 2.75) is 39.5 Å². The molecule has 0 aliphatic rings. The topological polar surface area (TPSA) is 82.3 Å². The smallest absolute Gasteiger partial charge is 0.255 e. The Morgan fingerprint density at radius 3 is 1.35 bits per heavy atom. The van der Waals surface area contributed by atoms with Gasteiger partial charge in [0.15, 0.2) is 0 Å². The monoisotopic (exact) mass is 458 g/mol. The van der Waals surface area contributed by atoms with Gasteiger partial charge in [-0.25, -0.2) is 0 Å². The third-order valence-electron chi connectivity index (χ3n) is 5.39. The average Bonchev–Trinajstić information content (AvgIpc) is 2.86.